The lowest BCUT2D eigenvalue weighted by molar-refractivity contribution is -0.135. The van der Waals surface area contributed by atoms with Crippen LogP contribution in [0.25, 0.3) is 0 Å². The summed E-state index contributed by atoms with van der Waals surface area (Å²) in [6.45, 7) is 0.763. The molecule has 0 aromatic heterocycles. The molecule has 0 saturated carbocycles. The van der Waals surface area contributed by atoms with E-state index in [1.165, 1.54) is 9.80 Å². The predicted molar refractivity (Wildman–Crippen MR) is 98.7 cm³/mol. The van der Waals surface area contributed by atoms with Gasteiger partial charge in [-0.3, -0.25) is 19.3 Å². The van der Waals surface area contributed by atoms with Crippen molar-refractivity contribution in [3.8, 4) is 0 Å². The van der Waals surface area contributed by atoms with Gasteiger partial charge in [-0.15, -0.1) is 0 Å². The Kier molecular flexibility index (Phi) is 6.13. The zero-order chi connectivity index (χ0) is 20.1. The number of nitrogens with zero attached hydrogens (tertiary/aromatic N) is 2. The average Bonchev–Trinajstić information content (AvgIpc) is 3.29. The molecule has 3 N–H and O–H groups in total. The maximum absolute atomic E-state index is 12.6. The fourth-order valence-corrected chi connectivity index (χ4v) is 3.55. The zero-order valence-corrected chi connectivity index (χ0v) is 15.5. The minimum atomic E-state index is -0.699. The lowest BCUT2D eigenvalue weighted by atomic mass is 10.1. The summed E-state index contributed by atoms with van der Waals surface area (Å²) in [5.41, 5.74) is 5.99. The first-order chi connectivity index (χ1) is 13.5. The number of ether oxygens (including phenoxy) is 1. The molecule has 1 aromatic carbocycles. The second-order valence-electron chi connectivity index (χ2n) is 6.97. The monoisotopic (exact) mass is 388 g/mol. The number of nitrogens with one attached hydrogen (secondary N) is 1. The summed E-state index contributed by atoms with van der Waals surface area (Å²) >= 11 is 0. The van der Waals surface area contributed by atoms with Gasteiger partial charge in [0.15, 0.2) is 0 Å². The Balaban J connectivity index is 1.53. The molecule has 9 heteroatoms. The molecule has 2 aliphatic heterocycles. The van der Waals surface area contributed by atoms with Gasteiger partial charge in [0.05, 0.1) is 6.54 Å². The Morgan fingerprint density at radius 2 is 1.89 bits per heavy atom. The van der Waals surface area contributed by atoms with Gasteiger partial charge in [-0.1, -0.05) is 30.3 Å². The SMILES string of the molecule is NC(=O)CN1CCC(NC(=O)[C@@H]2CCCN2C(=O)OCc2ccccc2)C1=O. The predicted octanol–water partition coefficient (Wildman–Crippen LogP) is -0.01000. The Morgan fingerprint density at radius 1 is 1.14 bits per heavy atom. The smallest absolute Gasteiger partial charge is 0.410 e. The second-order valence-corrected chi connectivity index (χ2v) is 6.97. The van der Waals surface area contributed by atoms with E-state index in [-0.39, 0.29) is 25.0 Å². The van der Waals surface area contributed by atoms with Crippen LogP contribution in [0.2, 0.25) is 0 Å². The number of carbonyl (C=O) groups is 4. The molecule has 2 saturated heterocycles. The number of carbonyl (C=O) groups excluding carboxylic acids is 4. The molecule has 0 aliphatic carbocycles. The lowest BCUT2D eigenvalue weighted by Crippen LogP contribution is -2.51. The molecule has 150 valence electrons. The van der Waals surface area contributed by atoms with Crippen LogP contribution >= 0.6 is 0 Å². The fourth-order valence-electron chi connectivity index (χ4n) is 3.55. The lowest BCUT2D eigenvalue weighted by Gasteiger charge is -2.24. The van der Waals surface area contributed by atoms with E-state index in [4.69, 9.17) is 10.5 Å². The first-order valence-electron chi connectivity index (χ1n) is 9.30. The van der Waals surface area contributed by atoms with Crippen molar-refractivity contribution in [3.05, 3.63) is 35.9 Å². The van der Waals surface area contributed by atoms with E-state index in [1.54, 1.807) is 0 Å². The highest BCUT2D eigenvalue weighted by Gasteiger charge is 2.39. The highest BCUT2D eigenvalue weighted by Crippen LogP contribution is 2.20. The van der Waals surface area contributed by atoms with E-state index >= 15 is 0 Å². The van der Waals surface area contributed by atoms with E-state index in [2.05, 4.69) is 5.32 Å². The van der Waals surface area contributed by atoms with Crippen molar-refractivity contribution in [1.82, 2.24) is 15.1 Å². The van der Waals surface area contributed by atoms with Crippen LogP contribution in [0.1, 0.15) is 24.8 Å². The molecule has 1 aromatic rings. The quantitative estimate of drug-likeness (QED) is 0.710. The second kappa shape index (κ2) is 8.73. The number of nitrogens with two attached hydrogens (primary N) is 1. The Hall–Kier alpha value is -3.10. The topological polar surface area (TPSA) is 122 Å². The minimum absolute atomic E-state index is 0.133. The zero-order valence-electron chi connectivity index (χ0n) is 15.5. The number of likely N-dealkylation sites (tertiary alicyclic amines) is 2. The van der Waals surface area contributed by atoms with Crippen LogP contribution in [0.15, 0.2) is 30.3 Å². The summed E-state index contributed by atoms with van der Waals surface area (Å²) < 4.78 is 5.32. The molecule has 3 rings (SSSR count). The maximum Gasteiger partial charge on any atom is 0.410 e. The molecular weight excluding hydrogens is 364 g/mol. The van der Waals surface area contributed by atoms with E-state index in [1.807, 2.05) is 30.3 Å². The van der Waals surface area contributed by atoms with Gasteiger partial charge >= 0.3 is 6.09 Å². The molecule has 28 heavy (non-hydrogen) atoms. The third kappa shape index (κ3) is 4.59. The van der Waals surface area contributed by atoms with Crippen molar-refractivity contribution in [2.75, 3.05) is 19.6 Å². The largest absolute Gasteiger partial charge is 0.445 e. The van der Waals surface area contributed by atoms with Crippen molar-refractivity contribution in [2.24, 2.45) is 5.73 Å². The number of hydrogen-bond donors (Lipinski definition) is 2. The van der Waals surface area contributed by atoms with Gasteiger partial charge < -0.3 is 20.7 Å². The Bertz CT molecular complexity index is 754. The number of benzene rings is 1. The molecule has 2 atom stereocenters. The van der Waals surface area contributed by atoms with Gasteiger partial charge in [-0.25, -0.2) is 4.79 Å². The summed E-state index contributed by atoms with van der Waals surface area (Å²) in [6.07, 6.45) is 1.06. The number of amides is 4. The summed E-state index contributed by atoms with van der Waals surface area (Å²) in [5, 5.41) is 2.70. The van der Waals surface area contributed by atoms with Gasteiger partial charge in [-0.2, -0.15) is 0 Å². The fraction of sp³-hybridized carbons (Fsp3) is 0.474. The van der Waals surface area contributed by atoms with E-state index in [9.17, 15) is 19.2 Å². The van der Waals surface area contributed by atoms with Gasteiger partial charge in [0.2, 0.25) is 17.7 Å². The number of hydrogen-bond acceptors (Lipinski definition) is 5. The van der Waals surface area contributed by atoms with Gasteiger partial charge in [-0.05, 0) is 24.8 Å². The molecule has 4 amide bonds. The Labute approximate surface area is 162 Å². The van der Waals surface area contributed by atoms with Crippen molar-refractivity contribution in [1.29, 1.82) is 0 Å². The first-order valence-corrected chi connectivity index (χ1v) is 9.30. The van der Waals surface area contributed by atoms with Gasteiger partial charge in [0.1, 0.15) is 18.7 Å². The van der Waals surface area contributed by atoms with E-state index < -0.39 is 24.1 Å². The van der Waals surface area contributed by atoms with Crippen molar-refractivity contribution < 1.29 is 23.9 Å². The number of rotatable bonds is 6. The van der Waals surface area contributed by atoms with Gasteiger partial charge in [0, 0.05) is 13.1 Å². The maximum atomic E-state index is 12.6. The van der Waals surface area contributed by atoms with Crippen molar-refractivity contribution >= 4 is 23.8 Å². The molecular formula is C19H24N4O5. The standard InChI is InChI=1S/C19H24N4O5/c20-16(24)11-22-10-8-14(18(22)26)21-17(25)15-7-4-9-23(15)19(27)28-12-13-5-2-1-3-6-13/h1-3,5-6,14-15H,4,7-12H2,(H2,20,24)(H,21,25)/t14?,15-/m0/s1. The molecule has 0 bridgehead atoms. The van der Waals surface area contributed by atoms with Crippen LogP contribution in [0, 0.1) is 0 Å². The molecule has 2 heterocycles. The number of primary amides is 1. The van der Waals surface area contributed by atoms with Crippen molar-refractivity contribution in [2.45, 2.75) is 38.0 Å². The summed E-state index contributed by atoms with van der Waals surface area (Å²) in [6, 6.07) is 7.93. The Morgan fingerprint density at radius 3 is 2.61 bits per heavy atom. The summed E-state index contributed by atoms with van der Waals surface area (Å²) in [4.78, 5) is 51.0. The van der Waals surface area contributed by atoms with Crippen LogP contribution in [0.4, 0.5) is 4.79 Å². The van der Waals surface area contributed by atoms with Crippen LogP contribution < -0.4 is 11.1 Å². The highest BCUT2D eigenvalue weighted by molar-refractivity contribution is 5.94. The van der Waals surface area contributed by atoms with Crippen LogP contribution in [-0.2, 0) is 25.7 Å². The molecule has 9 nitrogen and oxygen atoms in total. The van der Waals surface area contributed by atoms with E-state index in [0.29, 0.717) is 32.4 Å². The third-order valence-corrected chi connectivity index (χ3v) is 4.96. The molecule has 0 radical (unpaired) electrons. The molecule has 2 fully saturated rings. The molecule has 1 unspecified atom stereocenters. The normalized spacial score (nSPS) is 21.6. The molecule has 2 aliphatic rings. The van der Waals surface area contributed by atoms with Crippen LogP contribution in [-0.4, -0.2) is 65.3 Å². The highest BCUT2D eigenvalue weighted by atomic mass is 16.6. The average molecular weight is 388 g/mol. The summed E-state index contributed by atoms with van der Waals surface area (Å²) in [7, 11) is 0. The van der Waals surface area contributed by atoms with Crippen LogP contribution in [0.5, 0.6) is 0 Å². The van der Waals surface area contributed by atoms with E-state index in [0.717, 1.165) is 5.56 Å². The van der Waals surface area contributed by atoms with Gasteiger partial charge in [0.25, 0.3) is 0 Å². The first kappa shape index (κ1) is 19.7. The minimum Gasteiger partial charge on any atom is -0.445 e. The molecule has 0 spiro atoms. The third-order valence-electron chi connectivity index (χ3n) is 4.96. The summed E-state index contributed by atoms with van der Waals surface area (Å²) in [5.74, 6) is -1.31. The van der Waals surface area contributed by atoms with Crippen molar-refractivity contribution in [3.63, 3.8) is 0 Å². The van der Waals surface area contributed by atoms with Crippen LogP contribution in [0.3, 0.4) is 0 Å².